The topological polar surface area (TPSA) is 61.4 Å². The summed E-state index contributed by atoms with van der Waals surface area (Å²) in [5.74, 6) is 1.21. The van der Waals surface area contributed by atoms with Crippen LogP contribution in [-0.4, -0.2) is 49.4 Å². The first-order valence-electron chi connectivity index (χ1n) is 9.29. The summed E-state index contributed by atoms with van der Waals surface area (Å²) in [4.78, 5) is 26.6. The molecule has 0 radical (unpaired) electrons. The van der Waals surface area contributed by atoms with Crippen molar-refractivity contribution in [1.82, 2.24) is 15.5 Å². The molecule has 2 heterocycles. The molecule has 0 aromatic heterocycles. The second kappa shape index (κ2) is 8.05. The van der Waals surface area contributed by atoms with E-state index in [9.17, 15) is 9.59 Å². The third-order valence-corrected chi connectivity index (χ3v) is 6.01. The normalized spacial score (nSPS) is 28.4. The fraction of sp³-hybridized carbons (Fsp3) is 0.889. The number of hydrogen-bond donors (Lipinski definition) is 2. The van der Waals surface area contributed by atoms with Gasteiger partial charge in [-0.3, -0.25) is 9.59 Å². The number of nitrogens with zero attached hydrogens (tertiary/aromatic N) is 1. The molecule has 1 saturated carbocycles. The van der Waals surface area contributed by atoms with E-state index < -0.39 is 0 Å². The number of carbonyl (C=O) groups is 2. The summed E-state index contributed by atoms with van der Waals surface area (Å²) in [6.45, 7) is 8.39. The number of carbonyl (C=O) groups excluding carboxylic acids is 2. The van der Waals surface area contributed by atoms with Gasteiger partial charge in [-0.25, -0.2) is 0 Å². The molecule has 0 aromatic rings. The molecule has 2 saturated heterocycles. The van der Waals surface area contributed by atoms with Crippen molar-refractivity contribution in [3.8, 4) is 0 Å². The van der Waals surface area contributed by atoms with Gasteiger partial charge in [0, 0.05) is 31.5 Å². The smallest absolute Gasteiger partial charge is 0.226 e. The van der Waals surface area contributed by atoms with Crippen LogP contribution < -0.4 is 10.6 Å². The lowest BCUT2D eigenvalue weighted by atomic mass is 9.91. The van der Waals surface area contributed by atoms with Gasteiger partial charge in [-0.05, 0) is 56.5 Å². The molecule has 0 bridgehead atoms. The van der Waals surface area contributed by atoms with E-state index in [1.54, 1.807) is 0 Å². The second-order valence-electron chi connectivity index (χ2n) is 8.06. The molecule has 2 unspecified atom stereocenters. The van der Waals surface area contributed by atoms with Crippen LogP contribution in [0.3, 0.4) is 0 Å². The molecule has 1 aliphatic carbocycles. The lowest BCUT2D eigenvalue weighted by Crippen LogP contribution is -2.45. The molecule has 3 fully saturated rings. The molecule has 24 heavy (non-hydrogen) atoms. The summed E-state index contributed by atoms with van der Waals surface area (Å²) in [5.41, 5.74) is 0.321. The zero-order valence-electron chi connectivity index (χ0n) is 15.0. The Hall–Kier alpha value is -0.810. The van der Waals surface area contributed by atoms with E-state index in [2.05, 4.69) is 15.5 Å². The van der Waals surface area contributed by atoms with Gasteiger partial charge in [0.25, 0.3) is 0 Å². The van der Waals surface area contributed by atoms with Crippen molar-refractivity contribution in [3.05, 3.63) is 0 Å². The van der Waals surface area contributed by atoms with Crippen molar-refractivity contribution in [2.45, 2.75) is 46.0 Å². The Bertz CT molecular complexity index is 463. The maximum Gasteiger partial charge on any atom is 0.226 e. The number of hydrogen-bond acceptors (Lipinski definition) is 3. The van der Waals surface area contributed by atoms with Crippen molar-refractivity contribution in [1.29, 1.82) is 0 Å². The second-order valence-corrected chi connectivity index (χ2v) is 8.06. The van der Waals surface area contributed by atoms with Gasteiger partial charge in [-0.1, -0.05) is 13.8 Å². The van der Waals surface area contributed by atoms with Crippen molar-refractivity contribution in [2.75, 3.05) is 32.7 Å². The lowest BCUT2D eigenvalue weighted by Gasteiger charge is -2.34. The predicted octanol–water partition coefficient (Wildman–Crippen LogP) is 1.81. The molecule has 0 aromatic carbocycles. The molecule has 6 heteroatoms. The molecular formula is C18H32ClN3O2. The standard InChI is InChI=1S/C18H31N3O2.ClH/c1-13(2)16(22)20-11-14-4-3-9-21(12-14)17(23)15-10-18(15)5-7-19-8-6-18;/h13-15,19H,3-12H2,1-2H3,(H,20,22);1H. The van der Waals surface area contributed by atoms with E-state index in [1.807, 2.05) is 13.8 Å². The molecule has 2 atom stereocenters. The van der Waals surface area contributed by atoms with Gasteiger partial charge in [0.05, 0.1) is 0 Å². The van der Waals surface area contributed by atoms with Crippen LogP contribution in [0.1, 0.15) is 46.0 Å². The highest BCUT2D eigenvalue weighted by Gasteiger charge is 2.58. The van der Waals surface area contributed by atoms with Crippen LogP contribution in [0.25, 0.3) is 0 Å². The highest BCUT2D eigenvalue weighted by molar-refractivity contribution is 5.85. The van der Waals surface area contributed by atoms with Crippen LogP contribution in [0, 0.1) is 23.2 Å². The molecular weight excluding hydrogens is 326 g/mol. The Balaban J connectivity index is 0.00000208. The first-order valence-corrected chi connectivity index (χ1v) is 9.29. The van der Waals surface area contributed by atoms with Crippen LogP contribution in [0.4, 0.5) is 0 Å². The van der Waals surface area contributed by atoms with Crippen LogP contribution in [0.5, 0.6) is 0 Å². The van der Waals surface area contributed by atoms with Gasteiger partial charge in [-0.2, -0.15) is 0 Å². The lowest BCUT2D eigenvalue weighted by molar-refractivity contribution is -0.135. The molecule has 2 amide bonds. The van der Waals surface area contributed by atoms with Gasteiger partial charge in [0.15, 0.2) is 0 Å². The summed E-state index contributed by atoms with van der Waals surface area (Å²) in [7, 11) is 0. The highest BCUT2D eigenvalue weighted by Crippen LogP contribution is 2.59. The Morgan fingerprint density at radius 3 is 2.67 bits per heavy atom. The number of amides is 2. The fourth-order valence-electron chi connectivity index (χ4n) is 4.28. The highest BCUT2D eigenvalue weighted by atomic mass is 35.5. The van der Waals surface area contributed by atoms with Crippen molar-refractivity contribution in [2.24, 2.45) is 23.2 Å². The fourth-order valence-corrected chi connectivity index (χ4v) is 4.28. The Morgan fingerprint density at radius 2 is 2.00 bits per heavy atom. The minimum atomic E-state index is 0. The van der Waals surface area contributed by atoms with Gasteiger partial charge >= 0.3 is 0 Å². The van der Waals surface area contributed by atoms with Gasteiger partial charge < -0.3 is 15.5 Å². The minimum absolute atomic E-state index is 0. The van der Waals surface area contributed by atoms with E-state index in [0.29, 0.717) is 23.8 Å². The first-order chi connectivity index (χ1) is 11.0. The van der Waals surface area contributed by atoms with Crippen LogP contribution >= 0.6 is 12.4 Å². The summed E-state index contributed by atoms with van der Waals surface area (Å²) in [6.07, 6.45) is 5.59. The predicted molar refractivity (Wildman–Crippen MR) is 97.0 cm³/mol. The van der Waals surface area contributed by atoms with Gasteiger partial charge in [-0.15, -0.1) is 12.4 Å². The summed E-state index contributed by atoms with van der Waals surface area (Å²) < 4.78 is 0. The van der Waals surface area contributed by atoms with E-state index in [-0.39, 0.29) is 30.2 Å². The minimum Gasteiger partial charge on any atom is -0.356 e. The van der Waals surface area contributed by atoms with Crippen molar-refractivity contribution in [3.63, 3.8) is 0 Å². The molecule has 5 nitrogen and oxygen atoms in total. The van der Waals surface area contributed by atoms with Gasteiger partial charge in [0.1, 0.15) is 0 Å². The number of nitrogens with one attached hydrogen (secondary N) is 2. The average molecular weight is 358 g/mol. The monoisotopic (exact) mass is 357 g/mol. The maximum absolute atomic E-state index is 12.8. The van der Waals surface area contributed by atoms with Crippen molar-refractivity contribution >= 4 is 24.2 Å². The van der Waals surface area contributed by atoms with E-state index in [1.165, 1.54) is 0 Å². The number of piperidine rings is 2. The number of rotatable bonds is 4. The maximum atomic E-state index is 12.8. The summed E-state index contributed by atoms with van der Waals surface area (Å²) in [6, 6.07) is 0. The molecule has 1 spiro atoms. The van der Waals surface area contributed by atoms with Crippen molar-refractivity contribution < 1.29 is 9.59 Å². The third kappa shape index (κ3) is 4.23. The van der Waals surface area contributed by atoms with E-state index in [0.717, 1.165) is 58.3 Å². The van der Waals surface area contributed by atoms with Crippen LogP contribution in [0.2, 0.25) is 0 Å². The Morgan fingerprint density at radius 1 is 1.29 bits per heavy atom. The Labute approximate surface area is 151 Å². The van der Waals surface area contributed by atoms with Gasteiger partial charge in [0.2, 0.25) is 11.8 Å². The largest absolute Gasteiger partial charge is 0.356 e. The quantitative estimate of drug-likeness (QED) is 0.806. The average Bonchev–Trinajstić information content (AvgIpc) is 3.25. The first kappa shape index (κ1) is 19.5. The number of halogens is 1. The molecule has 3 rings (SSSR count). The zero-order chi connectivity index (χ0) is 16.4. The molecule has 2 aliphatic heterocycles. The van der Waals surface area contributed by atoms with Crippen LogP contribution in [0.15, 0.2) is 0 Å². The SMILES string of the molecule is CC(C)C(=O)NCC1CCCN(C(=O)C2CC23CCNCC3)C1.Cl. The molecule has 2 N–H and O–H groups in total. The zero-order valence-corrected chi connectivity index (χ0v) is 15.8. The van der Waals surface area contributed by atoms with E-state index >= 15 is 0 Å². The third-order valence-electron chi connectivity index (χ3n) is 6.01. The Kier molecular flexibility index (Phi) is 6.54. The summed E-state index contributed by atoms with van der Waals surface area (Å²) in [5, 5.41) is 6.43. The van der Waals surface area contributed by atoms with E-state index in [4.69, 9.17) is 0 Å². The van der Waals surface area contributed by atoms with Crippen LogP contribution in [-0.2, 0) is 9.59 Å². The number of likely N-dealkylation sites (tertiary alicyclic amines) is 1. The molecule has 3 aliphatic rings. The summed E-state index contributed by atoms with van der Waals surface area (Å²) >= 11 is 0. The molecule has 138 valence electrons.